The summed E-state index contributed by atoms with van der Waals surface area (Å²) in [6.07, 6.45) is 9.29. The molecule has 2 saturated carbocycles. The quantitative estimate of drug-likeness (QED) is 0.755. The molecule has 2 fully saturated rings. The average molecular weight is 225 g/mol. The van der Waals surface area contributed by atoms with Crippen LogP contribution in [0.3, 0.4) is 0 Å². The second-order valence-electron chi connectivity index (χ2n) is 5.35. The van der Waals surface area contributed by atoms with E-state index in [-0.39, 0.29) is 17.9 Å². The number of carbonyl (C=O) groups is 1. The van der Waals surface area contributed by atoms with Gasteiger partial charge in [-0.05, 0) is 38.5 Å². The van der Waals surface area contributed by atoms with Gasteiger partial charge in [-0.3, -0.25) is 4.79 Å². The molecule has 1 amide bonds. The molecule has 2 aliphatic rings. The molecule has 0 aromatic heterocycles. The number of aliphatic hydroxyl groups excluding tert-OH is 1. The maximum atomic E-state index is 12.0. The van der Waals surface area contributed by atoms with E-state index in [0.29, 0.717) is 6.04 Å². The highest BCUT2D eigenvalue weighted by Gasteiger charge is 2.25. The molecule has 0 saturated heterocycles. The second kappa shape index (κ2) is 5.67. The number of amides is 1. The fourth-order valence-corrected chi connectivity index (χ4v) is 2.90. The first kappa shape index (κ1) is 11.9. The molecule has 2 rings (SSSR count). The van der Waals surface area contributed by atoms with Gasteiger partial charge in [0.25, 0.3) is 0 Å². The Bertz CT molecular complexity index is 228. The lowest BCUT2D eigenvalue weighted by Gasteiger charge is -2.29. The van der Waals surface area contributed by atoms with Crippen LogP contribution in [0.4, 0.5) is 0 Å². The molecule has 0 spiro atoms. The van der Waals surface area contributed by atoms with Gasteiger partial charge in [-0.1, -0.05) is 19.3 Å². The molecule has 16 heavy (non-hydrogen) atoms. The number of aliphatic hydroxyl groups is 1. The molecule has 92 valence electrons. The van der Waals surface area contributed by atoms with Crippen LogP contribution in [-0.4, -0.2) is 23.2 Å². The van der Waals surface area contributed by atoms with E-state index in [1.807, 2.05) is 0 Å². The van der Waals surface area contributed by atoms with E-state index in [4.69, 9.17) is 0 Å². The lowest BCUT2D eigenvalue weighted by Crippen LogP contribution is -2.42. The summed E-state index contributed by atoms with van der Waals surface area (Å²) in [4.78, 5) is 12.0. The van der Waals surface area contributed by atoms with Crippen molar-refractivity contribution < 1.29 is 9.90 Å². The molecule has 3 nitrogen and oxygen atoms in total. The van der Waals surface area contributed by atoms with Crippen molar-refractivity contribution in [1.29, 1.82) is 0 Å². The minimum absolute atomic E-state index is 0.136. The molecule has 0 bridgehead atoms. The maximum Gasteiger partial charge on any atom is 0.223 e. The van der Waals surface area contributed by atoms with Gasteiger partial charge >= 0.3 is 0 Å². The molecule has 0 radical (unpaired) electrons. The van der Waals surface area contributed by atoms with Crippen LogP contribution in [0.5, 0.6) is 0 Å². The highest BCUT2D eigenvalue weighted by atomic mass is 16.3. The summed E-state index contributed by atoms with van der Waals surface area (Å²) in [5.74, 6) is 0.529. The van der Waals surface area contributed by atoms with Crippen LogP contribution in [0, 0.1) is 5.92 Å². The zero-order chi connectivity index (χ0) is 11.4. The van der Waals surface area contributed by atoms with E-state index >= 15 is 0 Å². The van der Waals surface area contributed by atoms with Crippen LogP contribution in [-0.2, 0) is 4.79 Å². The van der Waals surface area contributed by atoms with Crippen LogP contribution >= 0.6 is 0 Å². The Morgan fingerprint density at radius 3 is 2.19 bits per heavy atom. The molecule has 0 heterocycles. The van der Waals surface area contributed by atoms with Crippen LogP contribution in [0.25, 0.3) is 0 Å². The third kappa shape index (κ3) is 3.21. The third-order valence-electron chi connectivity index (χ3n) is 4.02. The van der Waals surface area contributed by atoms with E-state index in [0.717, 1.165) is 38.5 Å². The first-order valence-corrected chi connectivity index (χ1v) is 6.74. The van der Waals surface area contributed by atoms with Crippen LogP contribution in [0.15, 0.2) is 0 Å². The van der Waals surface area contributed by atoms with Crippen molar-refractivity contribution in [1.82, 2.24) is 5.32 Å². The van der Waals surface area contributed by atoms with Crippen LogP contribution in [0.1, 0.15) is 57.8 Å². The second-order valence-corrected chi connectivity index (χ2v) is 5.35. The normalized spacial score (nSPS) is 32.3. The van der Waals surface area contributed by atoms with Crippen LogP contribution in [0.2, 0.25) is 0 Å². The highest BCUT2D eigenvalue weighted by Crippen LogP contribution is 2.25. The van der Waals surface area contributed by atoms with Gasteiger partial charge in [0.15, 0.2) is 0 Å². The van der Waals surface area contributed by atoms with Crippen molar-refractivity contribution in [2.75, 3.05) is 0 Å². The Morgan fingerprint density at radius 1 is 0.938 bits per heavy atom. The summed E-state index contributed by atoms with van der Waals surface area (Å²) >= 11 is 0. The van der Waals surface area contributed by atoms with E-state index in [1.54, 1.807) is 0 Å². The Kier molecular flexibility index (Phi) is 4.22. The molecule has 0 aromatic carbocycles. The number of hydrogen-bond donors (Lipinski definition) is 2. The highest BCUT2D eigenvalue weighted by molar-refractivity contribution is 5.79. The van der Waals surface area contributed by atoms with E-state index in [2.05, 4.69) is 5.32 Å². The van der Waals surface area contributed by atoms with Gasteiger partial charge in [-0.25, -0.2) is 0 Å². The predicted molar refractivity (Wildman–Crippen MR) is 63.0 cm³/mol. The SMILES string of the molecule is O=C(NC1CCC(O)CC1)C1CCCCC1. The van der Waals surface area contributed by atoms with E-state index in [1.165, 1.54) is 19.3 Å². The van der Waals surface area contributed by atoms with Gasteiger partial charge in [0.05, 0.1) is 6.10 Å². The molecule has 0 aromatic rings. The fraction of sp³-hybridized carbons (Fsp3) is 0.923. The minimum Gasteiger partial charge on any atom is -0.393 e. The third-order valence-corrected chi connectivity index (χ3v) is 4.02. The number of rotatable bonds is 2. The molecule has 2 aliphatic carbocycles. The summed E-state index contributed by atoms with van der Waals surface area (Å²) < 4.78 is 0. The zero-order valence-electron chi connectivity index (χ0n) is 9.95. The topological polar surface area (TPSA) is 49.3 Å². The summed E-state index contributed by atoms with van der Waals surface area (Å²) in [6.45, 7) is 0. The smallest absolute Gasteiger partial charge is 0.223 e. The summed E-state index contributed by atoms with van der Waals surface area (Å²) in [6, 6.07) is 0.317. The first-order valence-electron chi connectivity index (χ1n) is 6.74. The Morgan fingerprint density at radius 2 is 1.56 bits per heavy atom. The molecular weight excluding hydrogens is 202 g/mol. The standard InChI is InChI=1S/C13H23NO2/c15-12-8-6-11(7-9-12)14-13(16)10-4-2-1-3-5-10/h10-12,15H,1-9H2,(H,14,16). The Labute approximate surface area is 97.6 Å². The number of hydrogen-bond acceptors (Lipinski definition) is 2. The van der Waals surface area contributed by atoms with Crippen molar-refractivity contribution in [3.63, 3.8) is 0 Å². The summed E-state index contributed by atoms with van der Waals surface area (Å²) in [7, 11) is 0. The van der Waals surface area contributed by atoms with Gasteiger partial charge < -0.3 is 10.4 Å². The average Bonchev–Trinajstić information content (AvgIpc) is 2.33. The lowest BCUT2D eigenvalue weighted by atomic mass is 9.87. The van der Waals surface area contributed by atoms with Gasteiger partial charge in [0.2, 0.25) is 5.91 Å². The molecular formula is C13H23NO2. The lowest BCUT2D eigenvalue weighted by molar-refractivity contribution is -0.127. The van der Waals surface area contributed by atoms with Gasteiger partial charge in [-0.2, -0.15) is 0 Å². The summed E-state index contributed by atoms with van der Waals surface area (Å²) in [5.41, 5.74) is 0. The predicted octanol–water partition coefficient (Wildman–Crippen LogP) is 1.99. The van der Waals surface area contributed by atoms with E-state index < -0.39 is 0 Å². The minimum atomic E-state index is -0.136. The van der Waals surface area contributed by atoms with Crippen molar-refractivity contribution in [2.24, 2.45) is 5.92 Å². The Balaban J connectivity index is 1.73. The fourth-order valence-electron chi connectivity index (χ4n) is 2.90. The van der Waals surface area contributed by atoms with Gasteiger partial charge in [0, 0.05) is 12.0 Å². The summed E-state index contributed by atoms with van der Waals surface area (Å²) in [5, 5.41) is 12.6. The molecule has 0 aliphatic heterocycles. The van der Waals surface area contributed by atoms with Crippen molar-refractivity contribution in [2.45, 2.75) is 69.9 Å². The largest absolute Gasteiger partial charge is 0.393 e. The molecule has 3 heteroatoms. The monoisotopic (exact) mass is 225 g/mol. The van der Waals surface area contributed by atoms with Crippen LogP contribution < -0.4 is 5.32 Å². The van der Waals surface area contributed by atoms with Crippen molar-refractivity contribution in [3.8, 4) is 0 Å². The van der Waals surface area contributed by atoms with Gasteiger partial charge in [0.1, 0.15) is 0 Å². The molecule has 2 N–H and O–H groups in total. The van der Waals surface area contributed by atoms with E-state index in [9.17, 15) is 9.90 Å². The van der Waals surface area contributed by atoms with Gasteiger partial charge in [-0.15, -0.1) is 0 Å². The Hall–Kier alpha value is -0.570. The molecule has 0 atom stereocenters. The molecule has 0 unspecified atom stereocenters. The maximum absolute atomic E-state index is 12.0. The number of carbonyl (C=O) groups excluding carboxylic acids is 1. The number of nitrogens with one attached hydrogen (secondary N) is 1. The van der Waals surface area contributed by atoms with Crippen molar-refractivity contribution >= 4 is 5.91 Å². The first-order chi connectivity index (χ1) is 7.75. The van der Waals surface area contributed by atoms with Crippen molar-refractivity contribution in [3.05, 3.63) is 0 Å². The zero-order valence-corrected chi connectivity index (χ0v) is 9.95.